The summed E-state index contributed by atoms with van der Waals surface area (Å²) in [5.74, 6) is 0.598. The molecule has 0 aliphatic heterocycles. The highest BCUT2D eigenvalue weighted by Gasteiger charge is 2.26. The van der Waals surface area contributed by atoms with Gasteiger partial charge in [0, 0.05) is 44.2 Å². The number of anilines is 1. The van der Waals surface area contributed by atoms with Gasteiger partial charge in [-0.2, -0.15) is 5.10 Å². The average Bonchev–Trinajstić information content (AvgIpc) is 3.10. The fourth-order valence-corrected chi connectivity index (χ4v) is 3.60. The van der Waals surface area contributed by atoms with Gasteiger partial charge in [-0.3, -0.25) is 10.1 Å². The number of amidine groups is 1. The monoisotopic (exact) mass is 403 g/mol. The molecule has 8 nitrogen and oxygen atoms in total. The molecule has 8 heteroatoms. The summed E-state index contributed by atoms with van der Waals surface area (Å²) in [6.07, 6.45) is 6.91. The minimum Gasteiger partial charge on any atom is -0.388 e. The van der Waals surface area contributed by atoms with Gasteiger partial charge in [-0.25, -0.2) is 9.97 Å². The normalized spacial score (nSPS) is 12.5. The number of hydrogen-bond acceptors (Lipinski definition) is 6. The summed E-state index contributed by atoms with van der Waals surface area (Å²) in [5.41, 5.74) is 6.24. The van der Waals surface area contributed by atoms with Gasteiger partial charge in [0.2, 0.25) is 5.95 Å². The van der Waals surface area contributed by atoms with Crippen molar-refractivity contribution in [2.45, 2.75) is 12.8 Å². The Kier molecular flexibility index (Phi) is 5.85. The Balaban J connectivity index is 1.62. The maximum Gasteiger partial charge on any atom is 0.228 e. The molecule has 0 bridgehead atoms. The number of aryl methyl sites for hydroxylation is 3. The topological polar surface area (TPSA) is 101 Å². The Bertz CT molecular complexity index is 1070. The van der Waals surface area contributed by atoms with Crippen molar-refractivity contribution in [1.29, 1.82) is 5.41 Å². The van der Waals surface area contributed by atoms with Crippen molar-refractivity contribution in [3.05, 3.63) is 60.1 Å². The lowest BCUT2D eigenvalue weighted by molar-refractivity contribution is 0.203. The van der Waals surface area contributed by atoms with Crippen LogP contribution in [0.3, 0.4) is 0 Å². The van der Waals surface area contributed by atoms with Gasteiger partial charge >= 0.3 is 0 Å². The number of nitrogens with one attached hydrogen (secondary N) is 3. The fourth-order valence-electron chi connectivity index (χ4n) is 3.60. The van der Waals surface area contributed by atoms with Gasteiger partial charge in [0.15, 0.2) is 0 Å². The number of hydrogen-bond donors (Lipinski definition) is 3. The van der Waals surface area contributed by atoms with Gasteiger partial charge in [-0.1, -0.05) is 30.3 Å². The number of fused-ring (bicyclic) bond motifs is 3. The molecule has 1 aliphatic rings. The van der Waals surface area contributed by atoms with Gasteiger partial charge in [-0.05, 0) is 24.5 Å². The van der Waals surface area contributed by atoms with E-state index < -0.39 is 0 Å². The van der Waals surface area contributed by atoms with E-state index in [1.54, 1.807) is 19.4 Å². The first kappa shape index (κ1) is 19.8. The standard InChI is InChI=1S/C22H25N7O/c1-29-21(15-6-4-3-5-7-15)19-17(28-29)9-8-16-14-25-22(27-20(16)19)26-18(23)10-11-24-12-13-30-2/h3-7,10-11,14,24H,8-9,12-13H2,1-2H3,(H2,23,25,26,27)/b11-10-. The molecule has 2 aromatic heterocycles. The van der Waals surface area contributed by atoms with E-state index in [0.717, 1.165) is 46.6 Å². The smallest absolute Gasteiger partial charge is 0.228 e. The molecule has 0 saturated carbocycles. The summed E-state index contributed by atoms with van der Waals surface area (Å²) < 4.78 is 6.91. The van der Waals surface area contributed by atoms with Crippen molar-refractivity contribution in [2.24, 2.45) is 7.05 Å². The molecule has 3 aromatic rings. The van der Waals surface area contributed by atoms with Crippen LogP contribution in [0.15, 0.2) is 48.8 Å². The van der Waals surface area contributed by atoms with Crippen LogP contribution in [0, 0.1) is 5.41 Å². The van der Waals surface area contributed by atoms with Gasteiger partial charge in [0.25, 0.3) is 0 Å². The van der Waals surface area contributed by atoms with Crippen molar-refractivity contribution < 1.29 is 4.74 Å². The Morgan fingerprint density at radius 3 is 2.90 bits per heavy atom. The zero-order chi connectivity index (χ0) is 20.9. The molecular formula is C22H25N7O. The van der Waals surface area contributed by atoms with Crippen LogP contribution in [0.2, 0.25) is 0 Å². The second-order valence-corrected chi connectivity index (χ2v) is 7.05. The zero-order valence-electron chi connectivity index (χ0n) is 17.1. The van der Waals surface area contributed by atoms with Crippen LogP contribution < -0.4 is 10.6 Å². The van der Waals surface area contributed by atoms with Crippen molar-refractivity contribution >= 4 is 11.8 Å². The van der Waals surface area contributed by atoms with E-state index in [0.29, 0.717) is 19.1 Å². The molecule has 0 unspecified atom stereocenters. The van der Waals surface area contributed by atoms with Crippen molar-refractivity contribution in [1.82, 2.24) is 25.1 Å². The molecular weight excluding hydrogens is 378 g/mol. The Hall–Kier alpha value is -3.52. The minimum absolute atomic E-state index is 0.199. The zero-order valence-corrected chi connectivity index (χ0v) is 17.1. The summed E-state index contributed by atoms with van der Waals surface area (Å²) in [5, 5.41) is 18.9. The van der Waals surface area contributed by atoms with Crippen molar-refractivity contribution in [3.8, 4) is 22.5 Å². The average molecular weight is 403 g/mol. The summed E-state index contributed by atoms with van der Waals surface area (Å²) >= 11 is 0. The SMILES string of the molecule is COCCN/C=C\C(=N)Nc1ncc2c(n1)-c1c(nn(C)c1-c1ccccc1)CC2. The van der Waals surface area contributed by atoms with Crippen LogP contribution in [0.5, 0.6) is 0 Å². The fraction of sp³-hybridized carbons (Fsp3) is 0.273. The predicted molar refractivity (Wildman–Crippen MR) is 117 cm³/mol. The highest BCUT2D eigenvalue weighted by atomic mass is 16.5. The number of nitrogens with zero attached hydrogens (tertiary/aromatic N) is 4. The van der Waals surface area contributed by atoms with E-state index in [9.17, 15) is 0 Å². The minimum atomic E-state index is 0.199. The number of methoxy groups -OCH3 is 1. The summed E-state index contributed by atoms with van der Waals surface area (Å²) in [7, 11) is 3.62. The molecule has 0 radical (unpaired) electrons. The molecule has 0 atom stereocenters. The van der Waals surface area contributed by atoms with E-state index in [1.807, 2.05) is 36.1 Å². The number of rotatable bonds is 7. The van der Waals surface area contributed by atoms with Crippen molar-refractivity contribution in [2.75, 3.05) is 25.6 Å². The van der Waals surface area contributed by atoms with Crippen LogP contribution in [-0.4, -0.2) is 45.8 Å². The van der Waals surface area contributed by atoms with Crippen molar-refractivity contribution in [3.63, 3.8) is 0 Å². The van der Waals surface area contributed by atoms with Gasteiger partial charge in [0.05, 0.1) is 23.7 Å². The van der Waals surface area contributed by atoms with Crippen LogP contribution in [0.1, 0.15) is 11.3 Å². The number of aromatic nitrogens is 4. The van der Waals surface area contributed by atoms with E-state index >= 15 is 0 Å². The lowest BCUT2D eigenvalue weighted by atomic mass is 9.91. The van der Waals surface area contributed by atoms with E-state index in [-0.39, 0.29) is 5.84 Å². The van der Waals surface area contributed by atoms with E-state index in [2.05, 4.69) is 27.8 Å². The van der Waals surface area contributed by atoms with E-state index in [1.165, 1.54) is 0 Å². The molecule has 0 amide bonds. The molecule has 154 valence electrons. The van der Waals surface area contributed by atoms with Crippen LogP contribution in [0.25, 0.3) is 22.5 Å². The third-order valence-electron chi connectivity index (χ3n) is 4.96. The maximum atomic E-state index is 8.11. The second kappa shape index (κ2) is 8.87. The number of benzene rings is 1. The first-order chi connectivity index (χ1) is 14.7. The van der Waals surface area contributed by atoms with Crippen LogP contribution in [0.4, 0.5) is 5.95 Å². The van der Waals surface area contributed by atoms with Crippen LogP contribution in [-0.2, 0) is 24.6 Å². The molecule has 0 fully saturated rings. The summed E-state index contributed by atoms with van der Waals surface area (Å²) in [6.45, 7) is 1.29. The third kappa shape index (κ3) is 4.08. The quantitative estimate of drug-likeness (QED) is 0.319. The van der Waals surface area contributed by atoms with Gasteiger partial charge < -0.3 is 15.4 Å². The molecule has 0 saturated heterocycles. The Morgan fingerprint density at radius 2 is 2.10 bits per heavy atom. The summed E-state index contributed by atoms with van der Waals surface area (Å²) in [6, 6.07) is 10.2. The Morgan fingerprint density at radius 1 is 1.27 bits per heavy atom. The van der Waals surface area contributed by atoms with Gasteiger partial charge in [-0.15, -0.1) is 0 Å². The summed E-state index contributed by atoms with van der Waals surface area (Å²) in [4.78, 5) is 9.17. The first-order valence-corrected chi connectivity index (χ1v) is 9.89. The highest BCUT2D eigenvalue weighted by molar-refractivity contribution is 6.00. The van der Waals surface area contributed by atoms with Crippen LogP contribution >= 0.6 is 0 Å². The highest BCUT2D eigenvalue weighted by Crippen LogP contribution is 2.39. The lowest BCUT2D eigenvalue weighted by Crippen LogP contribution is -2.16. The molecule has 1 aliphatic carbocycles. The maximum absolute atomic E-state index is 8.11. The molecule has 30 heavy (non-hydrogen) atoms. The first-order valence-electron chi connectivity index (χ1n) is 9.89. The lowest BCUT2D eigenvalue weighted by Gasteiger charge is -2.17. The second-order valence-electron chi connectivity index (χ2n) is 7.05. The molecule has 4 rings (SSSR count). The van der Waals surface area contributed by atoms with E-state index in [4.69, 9.17) is 20.2 Å². The molecule has 1 aromatic carbocycles. The third-order valence-corrected chi connectivity index (χ3v) is 4.96. The molecule has 2 heterocycles. The largest absolute Gasteiger partial charge is 0.388 e. The molecule has 0 spiro atoms. The molecule has 3 N–H and O–H groups in total. The number of ether oxygens (including phenoxy) is 1. The Labute approximate surface area is 175 Å². The predicted octanol–water partition coefficient (Wildman–Crippen LogP) is 2.78. The van der Waals surface area contributed by atoms with Gasteiger partial charge in [0.1, 0.15) is 5.84 Å².